The van der Waals surface area contributed by atoms with E-state index in [2.05, 4.69) is 17.9 Å². The monoisotopic (exact) mass is 401 g/mol. The number of hydrogen-bond donors (Lipinski definition) is 1. The van der Waals surface area contributed by atoms with E-state index in [4.69, 9.17) is 10.1 Å². The van der Waals surface area contributed by atoms with Gasteiger partial charge in [0, 0.05) is 24.9 Å². The summed E-state index contributed by atoms with van der Waals surface area (Å²) in [5.74, 6) is -1.98. The third-order valence-electron chi connectivity index (χ3n) is 6.10. The van der Waals surface area contributed by atoms with Crippen LogP contribution in [0.4, 0.5) is 0 Å². The molecule has 0 saturated heterocycles. The number of ether oxygens (including phenoxy) is 1. The molecular weight excluding hydrogens is 378 g/mol. The van der Waals surface area contributed by atoms with Crippen LogP contribution in [-0.2, 0) is 4.74 Å². The number of fused-ring (bicyclic) bond motifs is 1. The molecule has 1 aromatic carbocycles. The fourth-order valence-electron chi connectivity index (χ4n) is 4.67. The molecule has 30 heavy (non-hydrogen) atoms. The summed E-state index contributed by atoms with van der Waals surface area (Å²) in [5, 5.41) is 38.3. The largest absolute Gasteiger partial charge is 0.465 e. The quantitative estimate of drug-likeness (QED) is 0.611. The fraction of sp³-hybridized carbons (Fsp3) is 0.435. The van der Waals surface area contributed by atoms with E-state index in [-0.39, 0.29) is 17.5 Å². The molecule has 1 aromatic rings. The summed E-state index contributed by atoms with van der Waals surface area (Å²) in [6, 6.07) is 13.1. The van der Waals surface area contributed by atoms with Gasteiger partial charge >= 0.3 is 5.97 Å². The lowest BCUT2D eigenvalue weighted by molar-refractivity contribution is 0.0600. The van der Waals surface area contributed by atoms with Crippen LogP contribution in [0.3, 0.4) is 0 Å². The van der Waals surface area contributed by atoms with Crippen LogP contribution in [0, 0.1) is 56.7 Å². The molecular formula is C23H23N5O2. The van der Waals surface area contributed by atoms with Crippen LogP contribution in [0.1, 0.15) is 35.2 Å². The lowest BCUT2D eigenvalue weighted by Crippen LogP contribution is -2.52. The number of nitrogens with one attached hydrogen (secondary N) is 1. The number of methoxy groups -OCH3 is 1. The Balaban J connectivity index is 2.13. The Morgan fingerprint density at radius 1 is 1.27 bits per heavy atom. The van der Waals surface area contributed by atoms with E-state index >= 15 is 0 Å². The van der Waals surface area contributed by atoms with Gasteiger partial charge in [-0.25, -0.2) is 4.79 Å². The highest BCUT2D eigenvalue weighted by molar-refractivity contribution is 6.01. The molecule has 1 aliphatic heterocycles. The fourth-order valence-corrected chi connectivity index (χ4v) is 4.67. The molecule has 2 aliphatic rings. The van der Waals surface area contributed by atoms with Crippen molar-refractivity contribution in [1.29, 1.82) is 21.2 Å². The zero-order valence-corrected chi connectivity index (χ0v) is 17.1. The second kappa shape index (κ2) is 8.49. The number of carbonyl (C=O) groups excluding carboxylic acids is 1. The highest BCUT2D eigenvalue weighted by Crippen LogP contribution is 2.52. The Morgan fingerprint density at radius 3 is 2.47 bits per heavy atom. The highest BCUT2D eigenvalue weighted by atomic mass is 16.5. The Kier molecular flexibility index (Phi) is 6.01. The molecule has 0 spiro atoms. The zero-order valence-electron chi connectivity index (χ0n) is 17.1. The van der Waals surface area contributed by atoms with Crippen LogP contribution in [0.5, 0.6) is 0 Å². The molecule has 1 aliphatic carbocycles. The topological polar surface area (TPSA) is 125 Å². The van der Waals surface area contributed by atoms with Crippen molar-refractivity contribution in [1.82, 2.24) is 4.90 Å². The van der Waals surface area contributed by atoms with Gasteiger partial charge in [0.1, 0.15) is 0 Å². The highest BCUT2D eigenvalue weighted by Gasteiger charge is 2.56. The minimum atomic E-state index is -1.70. The molecule has 0 unspecified atom stereocenters. The summed E-state index contributed by atoms with van der Waals surface area (Å²) in [6.07, 6.45) is 2.86. The number of hydrogen-bond acceptors (Lipinski definition) is 7. The Labute approximate surface area is 176 Å². The average Bonchev–Trinajstić information content (AvgIpc) is 2.78. The summed E-state index contributed by atoms with van der Waals surface area (Å²) < 4.78 is 4.75. The van der Waals surface area contributed by atoms with Gasteiger partial charge in [-0.2, -0.15) is 15.8 Å². The number of carbonyl (C=O) groups is 1. The number of nitrogens with zero attached hydrogens (tertiary/aromatic N) is 4. The second-order valence-corrected chi connectivity index (χ2v) is 7.66. The van der Waals surface area contributed by atoms with E-state index in [0.717, 1.165) is 18.5 Å². The molecule has 152 valence electrons. The zero-order chi connectivity index (χ0) is 21.9. The number of rotatable bonds is 4. The summed E-state index contributed by atoms with van der Waals surface area (Å²) in [6.45, 7) is 4.18. The van der Waals surface area contributed by atoms with Crippen molar-refractivity contribution in [3.05, 3.63) is 47.0 Å². The minimum absolute atomic E-state index is 0.163. The van der Waals surface area contributed by atoms with Gasteiger partial charge in [-0.05, 0) is 36.2 Å². The van der Waals surface area contributed by atoms with Crippen LogP contribution in [0.25, 0.3) is 0 Å². The predicted molar refractivity (Wildman–Crippen MR) is 109 cm³/mol. The van der Waals surface area contributed by atoms with Crippen molar-refractivity contribution in [2.45, 2.75) is 19.3 Å². The van der Waals surface area contributed by atoms with Crippen LogP contribution < -0.4 is 0 Å². The number of esters is 1. The van der Waals surface area contributed by atoms with Crippen LogP contribution in [0.15, 0.2) is 35.9 Å². The first-order valence-electron chi connectivity index (χ1n) is 9.89. The second-order valence-electron chi connectivity index (χ2n) is 7.66. The van der Waals surface area contributed by atoms with Gasteiger partial charge in [-0.1, -0.05) is 25.1 Å². The Bertz CT molecular complexity index is 992. The first kappa shape index (κ1) is 21.2. The van der Waals surface area contributed by atoms with Crippen LogP contribution in [0.2, 0.25) is 0 Å². The van der Waals surface area contributed by atoms with Gasteiger partial charge < -0.3 is 10.1 Å². The third-order valence-corrected chi connectivity index (χ3v) is 6.10. The molecule has 0 radical (unpaired) electrons. The molecule has 0 amide bonds. The van der Waals surface area contributed by atoms with Gasteiger partial charge in [-0.15, -0.1) is 0 Å². The molecule has 0 bridgehead atoms. The maximum atomic E-state index is 11.8. The van der Waals surface area contributed by atoms with Gasteiger partial charge in [0.15, 0.2) is 0 Å². The van der Waals surface area contributed by atoms with Crippen molar-refractivity contribution in [2.24, 2.45) is 17.3 Å². The molecule has 0 aromatic heterocycles. The molecule has 7 nitrogen and oxygen atoms in total. The van der Waals surface area contributed by atoms with Crippen molar-refractivity contribution in [3.63, 3.8) is 0 Å². The van der Waals surface area contributed by atoms with Crippen molar-refractivity contribution in [2.75, 3.05) is 26.7 Å². The van der Waals surface area contributed by atoms with E-state index in [1.54, 1.807) is 24.3 Å². The SMILES string of the molecule is CCCN1CC=C2[C@H](C1)[C@H](c1ccc(C(=O)OC)cc1)[C@H](C#N)C(=N)C2(C#N)C#N. The first-order chi connectivity index (χ1) is 14.5. The minimum Gasteiger partial charge on any atom is -0.465 e. The van der Waals surface area contributed by atoms with E-state index < -0.39 is 17.3 Å². The molecule has 1 fully saturated rings. The Morgan fingerprint density at radius 2 is 1.93 bits per heavy atom. The third kappa shape index (κ3) is 3.26. The summed E-state index contributed by atoms with van der Waals surface area (Å²) >= 11 is 0. The van der Waals surface area contributed by atoms with Gasteiger partial charge in [-0.3, -0.25) is 4.90 Å². The molecule has 3 atom stereocenters. The van der Waals surface area contributed by atoms with Crippen LogP contribution in [-0.4, -0.2) is 43.3 Å². The first-order valence-corrected chi connectivity index (χ1v) is 9.89. The van der Waals surface area contributed by atoms with Crippen molar-refractivity contribution >= 4 is 11.7 Å². The van der Waals surface area contributed by atoms with E-state index in [0.29, 0.717) is 24.2 Å². The smallest absolute Gasteiger partial charge is 0.337 e. The van der Waals surface area contributed by atoms with E-state index in [1.807, 2.05) is 18.2 Å². The number of nitriles is 3. The van der Waals surface area contributed by atoms with E-state index in [1.165, 1.54) is 7.11 Å². The summed E-state index contributed by atoms with van der Waals surface area (Å²) in [5.41, 5.74) is -0.0399. The standard InChI is InChI=1S/C23H23N5O2/c1-3-9-28-10-8-19-18(12-28)20(15-4-6-16(7-5-15)22(29)30-2)17(11-24)21(27)23(19,13-25)14-26/h4-8,17-18,20,27H,3,9-10,12H2,1-2H3/t17-,18-,20+/m0/s1. The van der Waals surface area contributed by atoms with Gasteiger partial charge in [0.25, 0.3) is 0 Å². The average molecular weight is 401 g/mol. The lowest BCUT2D eigenvalue weighted by Gasteiger charge is -2.47. The van der Waals surface area contributed by atoms with Crippen molar-refractivity contribution < 1.29 is 9.53 Å². The maximum absolute atomic E-state index is 11.8. The molecule has 1 N–H and O–H groups in total. The van der Waals surface area contributed by atoms with Gasteiger partial charge in [0.2, 0.25) is 5.41 Å². The van der Waals surface area contributed by atoms with Gasteiger partial charge in [0.05, 0.1) is 42.5 Å². The number of benzene rings is 1. The summed E-state index contributed by atoms with van der Waals surface area (Å²) in [7, 11) is 1.31. The molecule has 1 heterocycles. The van der Waals surface area contributed by atoms with Crippen molar-refractivity contribution in [3.8, 4) is 18.2 Å². The van der Waals surface area contributed by atoms with Crippen LogP contribution >= 0.6 is 0 Å². The molecule has 1 saturated carbocycles. The maximum Gasteiger partial charge on any atom is 0.337 e. The molecule has 7 heteroatoms. The normalized spacial score (nSPS) is 25.1. The summed E-state index contributed by atoms with van der Waals surface area (Å²) in [4.78, 5) is 14.0. The van der Waals surface area contributed by atoms with E-state index in [9.17, 15) is 20.6 Å². The lowest BCUT2D eigenvalue weighted by atomic mass is 9.55. The Hall–Kier alpha value is -3.47. The molecule has 3 rings (SSSR count). The predicted octanol–water partition coefficient (Wildman–Crippen LogP) is 3.03.